The molecule has 2 heterocycles. The van der Waals surface area contributed by atoms with E-state index in [1.165, 1.54) is 0 Å². The molecule has 2 aromatic rings. The molecular weight excluding hydrogens is 238 g/mol. The summed E-state index contributed by atoms with van der Waals surface area (Å²) >= 11 is 0. The predicted molar refractivity (Wildman–Crippen MR) is 75.1 cm³/mol. The van der Waals surface area contributed by atoms with Gasteiger partial charge in [0.2, 0.25) is 0 Å². The summed E-state index contributed by atoms with van der Waals surface area (Å²) in [6, 6.07) is 9.84. The lowest BCUT2D eigenvalue weighted by Gasteiger charge is -2.34. The Balaban J connectivity index is 2.01. The summed E-state index contributed by atoms with van der Waals surface area (Å²) in [5, 5.41) is 4.23. The highest BCUT2D eigenvalue weighted by Crippen LogP contribution is 2.19. The highest BCUT2D eigenvalue weighted by atomic mass is 16.2. The molecule has 0 saturated carbocycles. The lowest BCUT2D eigenvalue weighted by molar-refractivity contribution is 0.0658. The molecule has 1 atom stereocenters. The van der Waals surface area contributed by atoms with E-state index >= 15 is 0 Å². The SMILES string of the molecule is C[C@H]1CNCCN1C(=O)c1ccnc2ccccc12. The predicted octanol–water partition coefficient (Wildman–Crippen LogP) is 1.67. The first kappa shape index (κ1) is 12.1. The van der Waals surface area contributed by atoms with E-state index in [2.05, 4.69) is 17.2 Å². The lowest BCUT2D eigenvalue weighted by atomic mass is 10.1. The minimum atomic E-state index is 0.104. The average molecular weight is 255 g/mol. The number of hydrogen-bond donors (Lipinski definition) is 1. The van der Waals surface area contributed by atoms with E-state index in [0.29, 0.717) is 0 Å². The number of pyridine rings is 1. The van der Waals surface area contributed by atoms with Crippen molar-refractivity contribution in [3.05, 3.63) is 42.1 Å². The number of benzene rings is 1. The first-order valence-electron chi connectivity index (χ1n) is 6.63. The number of nitrogens with zero attached hydrogens (tertiary/aromatic N) is 2. The van der Waals surface area contributed by atoms with Crippen LogP contribution in [0.4, 0.5) is 0 Å². The van der Waals surface area contributed by atoms with E-state index < -0.39 is 0 Å². The summed E-state index contributed by atoms with van der Waals surface area (Å²) in [5.41, 5.74) is 1.62. The maximum absolute atomic E-state index is 12.7. The molecule has 1 amide bonds. The molecule has 98 valence electrons. The standard InChI is InChI=1S/C15H17N3O/c1-11-10-16-8-9-18(11)15(19)13-6-7-17-14-5-3-2-4-12(13)14/h2-7,11,16H,8-10H2,1H3/t11-/m0/s1. The molecule has 1 aromatic heterocycles. The highest BCUT2D eigenvalue weighted by molar-refractivity contribution is 6.06. The van der Waals surface area contributed by atoms with Crippen molar-refractivity contribution in [1.29, 1.82) is 0 Å². The molecule has 19 heavy (non-hydrogen) atoms. The Bertz CT molecular complexity index is 606. The molecule has 1 fully saturated rings. The number of para-hydroxylation sites is 1. The maximum atomic E-state index is 12.7. The van der Waals surface area contributed by atoms with Crippen LogP contribution in [0.1, 0.15) is 17.3 Å². The van der Waals surface area contributed by atoms with Gasteiger partial charge in [-0.2, -0.15) is 0 Å². The van der Waals surface area contributed by atoms with Crippen LogP contribution >= 0.6 is 0 Å². The Hall–Kier alpha value is -1.94. The summed E-state index contributed by atoms with van der Waals surface area (Å²) < 4.78 is 0. The molecule has 4 heteroatoms. The Morgan fingerprint density at radius 2 is 2.21 bits per heavy atom. The van der Waals surface area contributed by atoms with Gasteiger partial charge in [-0.1, -0.05) is 18.2 Å². The van der Waals surface area contributed by atoms with Crippen molar-refractivity contribution >= 4 is 16.8 Å². The third-order valence-electron chi connectivity index (χ3n) is 3.64. The van der Waals surface area contributed by atoms with Crippen LogP contribution in [-0.2, 0) is 0 Å². The first-order valence-corrected chi connectivity index (χ1v) is 6.63. The van der Waals surface area contributed by atoms with Gasteiger partial charge in [0.15, 0.2) is 0 Å². The summed E-state index contributed by atoms with van der Waals surface area (Å²) in [6.45, 7) is 4.55. The monoisotopic (exact) mass is 255 g/mol. The van der Waals surface area contributed by atoms with Crippen molar-refractivity contribution in [2.45, 2.75) is 13.0 Å². The molecule has 1 aliphatic rings. The van der Waals surface area contributed by atoms with Gasteiger partial charge in [-0.15, -0.1) is 0 Å². The number of carbonyl (C=O) groups is 1. The normalized spacial score (nSPS) is 19.6. The number of rotatable bonds is 1. The molecule has 3 rings (SSSR count). The topological polar surface area (TPSA) is 45.2 Å². The largest absolute Gasteiger partial charge is 0.333 e. The van der Waals surface area contributed by atoms with Crippen molar-refractivity contribution < 1.29 is 4.79 Å². The number of nitrogens with one attached hydrogen (secondary N) is 1. The molecule has 1 aromatic carbocycles. The Morgan fingerprint density at radius 3 is 3.05 bits per heavy atom. The van der Waals surface area contributed by atoms with Crippen LogP contribution in [0.25, 0.3) is 10.9 Å². The molecule has 0 radical (unpaired) electrons. The summed E-state index contributed by atoms with van der Waals surface area (Å²) in [6.07, 6.45) is 1.71. The first-order chi connectivity index (χ1) is 9.27. The molecule has 0 bridgehead atoms. The van der Waals surface area contributed by atoms with Crippen LogP contribution in [0.5, 0.6) is 0 Å². The van der Waals surface area contributed by atoms with E-state index in [4.69, 9.17) is 0 Å². The van der Waals surface area contributed by atoms with Crippen molar-refractivity contribution in [3.8, 4) is 0 Å². The van der Waals surface area contributed by atoms with Crippen molar-refractivity contribution in [1.82, 2.24) is 15.2 Å². The third kappa shape index (κ3) is 2.19. The van der Waals surface area contributed by atoms with Gasteiger partial charge in [-0.25, -0.2) is 0 Å². The zero-order chi connectivity index (χ0) is 13.2. The van der Waals surface area contributed by atoms with Crippen molar-refractivity contribution in [2.24, 2.45) is 0 Å². The summed E-state index contributed by atoms with van der Waals surface area (Å²) in [4.78, 5) is 18.9. The van der Waals surface area contributed by atoms with Crippen LogP contribution in [0.15, 0.2) is 36.5 Å². The summed E-state index contributed by atoms with van der Waals surface area (Å²) in [5.74, 6) is 0.104. The minimum absolute atomic E-state index is 0.104. The van der Waals surface area contributed by atoms with Crippen LogP contribution in [0.3, 0.4) is 0 Å². The van der Waals surface area contributed by atoms with Crippen molar-refractivity contribution in [3.63, 3.8) is 0 Å². The number of fused-ring (bicyclic) bond motifs is 1. The summed E-state index contributed by atoms with van der Waals surface area (Å²) in [7, 11) is 0. The van der Waals surface area contributed by atoms with Gasteiger partial charge < -0.3 is 10.2 Å². The second-order valence-electron chi connectivity index (χ2n) is 4.93. The van der Waals surface area contributed by atoms with Gasteiger partial charge in [-0.05, 0) is 19.1 Å². The van der Waals surface area contributed by atoms with Crippen LogP contribution in [0.2, 0.25) is 0 Å². The highest BCUT2D eigenvalue weighted by Gasteiger charge is 2.25. The van der Waals surface area contributed by atoms with E-state index in [1.807, 2.05) is 35.2 Å². The van der Waals surface area contributed by atoms with E-state index in [-0.39, 0.29) is 11.9 Å². The molecule has 1 N–H and O–H groups in total. The van der Waals surface area contributed by atoms with Crippen LogP contribution < -0.4 is 5.32 Å². The number of piperazine rings is 1. The fraction of sp³-hybridized carbons (Fsp3) is 0.333. The fourth-order valence-electron chi connectivity index (χ4n) is 2.58. The lowest BCUT2D eigenvalue weighted by Crippen LogP contribution is -2.52. The van der Waals surface area contributed by atoms with Gasteiger partial charge in [0, 0.05) is 37.3 Å². The molecule has 0 aliphatic carbocycles. The number of carbonyl (C=O) groups excluding carboxylic acids is 1. The molecule has 1 saturated heterocycles. The molecule has 4 nitrogen and oxygen atoms in total. The van der Waals surface area contributed by atoms with E-state index in [1.54, 1.807) is 6.20 Å². The zero-order valence-electron chi connectivity index (χ0n) is 11.0. The van der Waals surface area contributed by atoms with Gasteiger partial charge in [0.1, 0.15) is 0 Å². The number of amides is 1. The molecular formula is C15H17N3O. The van der Waals surface area contributed by atoms with Crippen LogP contribution in [-0.4, -0.2) is 41.5 Å². The second kappa shape index (κ2) is 4.97. The maximum Gasteiger partial charge on any atom is 0.254 e. The Labute approximate surface area is 112 Å². The third-order valence-corrected chi connectivity index (χ3v) is 3.64. The van der Waals surface area contributed by atoms with E-state index in [0.717, 1.165) is 36.1 Å². The van der Waals surface area contributed by atoms with Crippen molar-refractivity contribution in [2.75, 3.05) is 19.6 Å². The average Bonchev–Trinajstić information content (AvgIpc) is 2.46. The minimum Gasteiger partial charge on any atom is -0.333 e. The Morgan fingerprint density at radius 1 is 1.37 bits per heavy atom. The molecule has 0 unspecified atom stereocenters. The smallest absolute Gasteiger partial charge is 0.254 e. The van der Waals surface area contributed by atoms with Gasteiger partial charge in [0.05, 0.1) is 11.1 Å². The van der Waals surface area contributed by atoms with Gasteiger partial charge in [0.25, 0.3) is 5.91 Å². The Kier molecular flexibility index (Phi) is 3.17. The quantitative estimate of drug-likeness (QED) is 0.843. The van der Waals surface area contributed by atoms with Crippen LogP contribution in [0, 0.1) is 0 Å². The van der Waals surface area contributed by atoms with E-state index in [9.17, 15) is 4.79 Å². The fourth-order valence-corrected chi connectivity index (χ4v) is 2.58. The van der Waals surface area contributed by atoms with Gasteiger partial charge >= 0.3 is 0 Å². The molecule has 1 aliphatic heterocycles. The second-order valence-corrected chi connectivity index (χ2v) is 4.93. The number of hydrogen-bond acceptors (Lipinski definition) is 3. The van der Waals surface area contributed by atoms with Gasteiger partial charge in [-0.3, -0.25) is 9.78 Å². The molecule has 0 spiro atoms. The zero-order valence-corrected chi connectivity index (χ0v) is 11.0. The number of aromatic nitrogens is 1.